The van der Waals surface area contributed by atoms with Crippen LogP contribution in [-0.4, -0.2) is 67.5 Å². The van der Waals surface area contributed by atoms with Crippen molar-refractivity contribution in [3.63, 3.8) is 0 Å². The molecular formula is C48H48Cl2F4N2O9. The largest absolute Gasteiger partial charge is 0.465 e. The van der Waals surface area contributed by atoms with E-state index in [2.05, 4.69) is 0 Å². The highest BCUT2D eigenvalue weighted by Crippen LogP contribution is 2.30. The number of nitrogens with zero attached hydrogens (tertiary/aromatic N) is 2. The number of halogens is 6. The molecule has 6 aromatic rings. The van der Waals surface area contributed by atoms with Crippen molar-refractivity contribution in [1.82, 2.24) is 9.13 Å². The number of pyridine rings is 2. The quantitative estimate of drug-likeness (QED) is 0.0462. The van der Waals surface area contributed by atoms with Gasteiger partial charge in [-0.05, 0) is 70.5 Å². The molecule has 0 unspecified atom stereocenters. The Hall–Kier alpha value is -5.58. The molecule has 0 radical (unpaired) electrons. The van der Waals surface area contributed by atoms with Gasteiger partial charge in [0.2, 0.25) is 10.9 Å². The van der Waals surface area contributed by atoms with Crippen molar-refractivity contribution < 1.29 is 51.2 Å². The van der Waals surface area contributed by atoms with Gasteiger partial charge in [0.1, 0.15) is 41.2 Å². The maximum Gasteiger partial charge on any atom is 0.343 e. The fourth-order valence-electron chi connectivity index (χ4n) is 7.41. The molecule has 2 heterocycles. The second-order valence-electron chi connectivity index (χ2n) is 15.8. The molecule has 0 amide bonds. The third-order valence-electron chi connectivity index (χ3n) is 11.0. The van der Waals surface area contributed by atoms with Gasteiger partial charge in [-0.2, -0.15) is 0 Å². The summed E-state index contributed by atoms with van der Waals surface area (Å²) in [4.78, 5) is 50.8. The van der Waals surface area contributed by atoms with Gasteiger partial charge in [-0.1, -0.05) is 75.2 Å². The average Bonchev–Trinajstić information content (AvgIpc) is 3.27. The normalized spacial score (nSPS) is 12.4. The molecule has 0 aliphatic heterocycles. The number of carbonyl (C=O) groups excluding carboxylic acids is 2. The molecular weight excluding hydrogens is 895 g/mol. The number of aliphatic hydroxyl groups is 1. The molecule has 2 atom stereocenters. The number of benzene rings is 4. The Morgan fingerprint density at radius 3 is 1.43 bits per heavy atom. The summed E-state index contributed by atoms with van der Waals surface area (Å²) in [6.45, 7) is 7.55. The van der Waals surface area contributed by atoms with E-state index in [9.17, 15) is 33.1 Å². The summed E-state index contributed by atoms with van der Waals surface area (Å²) in [6, 6.07) is 13.1. The van der Waals surface area contributed by atoms with Crippen molar-refractivity contribution in [2.24, 2.45) is 11.8 Å². The van der Waals surface area contributed by atoms with Crippen LogP contribution in [0.1, 0.15) is 82.7 Å². The summed E-state index contributed by atoms with van der Waals surface area (Å²) in [5, 5.41) is 9.89. The molecule has 0 saturated carbocycles. The van der Waals surface area contributed by atoms with Gasteiger partial charge in [0.25, 0.3) is 0 Å². The third-order valence-corrected chi connectivity index (χ3v) is 11.6. The molecule has 65 heavy (non-hydrogen) atoms. The van der Waals surface area contributed by atoms with Crippen molar-refractivity contribution >= 4 is 56.9 Å². The van der Waals surface area contributed by atoms with Crippen molar-refractivity contribution in [1.29, 1.82) is 0 Å². The van der Waals surface area contributed by atoms with E-state index in [0.717, 1.165) is 7.11 Å². The lowest BCUT2D eigenvalue weighted by Gasteiger charge is -2.26. The zero-order valence-electron chi connectivity index (χ0n) is 36.6. The SMILES string of the molecule is COC(=O)c1cn([C@H](CO)C(C)C)c2cc(F)c(Cc3cccc(Cl)c3F)cc2c1=O.COCOC[C@H](C(C)C)n1cc(C(=O)OC)c(=O)c2cc(Cc3cccc(Cl)c3F)c(F)cc21. The molecule has 0 spiro atoms. The van der Waals surface area contributed by atoms with E-state index in [1.807, 2.05) is 27.7 Å². The van der Waals surface area contributed by atoms with Gasteiger partial charge in [0.05, 0.1) is 60.6 Å². The Bertz CT molecular complexity index is 2850. The monoisotopic (exact) mass is 942 g/mol. The number of hydrogen-bond acceptors (Lipinski definition) is 9. The minimum Gasteiger partial charge on any atom is -0.465 e. The highest BCUT2D eigenvalue weighted by Gasteiger charge is 2.26. The molecule has 346 valence electrons. The number of aliphatic hydroxyl groups excluding tert-OH is 1. The van der Waals surface area contributed by atoms with Gasteiger partial charge in [0, 0.05) is 43.1 Å². The first-order valence-corrected chi connectivity index (χ1v) is 21.1. The van der Waals surface area contributed by atoms with Crippen LogP contribution in [0.5, 0.6) is 0 Å². The third kappa shape index (κ3) is 11.1. The van der Waals surface area contributed by atoms with Crippen LogP contribution in [0.25, 0.3) is 21.8 Å². The Labute approximate surface area is 382 Å². The van der Waals surface area contributed by atoms with E-state index < -0.39 is 52.1 Å². The predicted octanol–water partition coefficient (Wildman–Crippen LogP) is 9.63. The van der Waals surface area contributed by atoms with Gasteiger partial charge >= 0.3 is 11.9 Å². The molecule has 1 N–H and O–H groups in total. The van der Waals surface area contributed by atoms with Crippen LogP contribution in [0.15, 0.2) is 82.6 Å². The number of carbonyl (C=O) groups is 2. The number of esters is 2. The Balaban J connectivity index is 0.000000245. The standard InChI is InChI=1S/C25H26ClF2NO5.C23H22ClF2NO4/c1-14(2)22(12-34-13-32-3)29-11-18(25(31)33-4)24(30)17-9-16(20(27)10-21(17)29)8-15-6-5-7-19(26)23(15)28;1-12(2)20(11-28)27-10-16(23(30)31-3)22(29)15-8-14(18(25)9-19(15)27)7-13-5-4-6-17(24)21(13)26/h5-7,9-11,14,22H,8,12-13H2,1-4H3;4-6,8-10,12,20,28H,7,11H2,1-3H3/t22-;20-/m11/s1. The van der Waals surface area contributed by atoms with Crippen LogP contribution >= 0.6 is 23.2 Å². The zero-order chi connectivity index (χ0) is 47.9. The molecule has 0 bridgehead atoms. The average molecular weight is 944 g/mol. The van der Waals surface area contributed by atoms with Gasteiger partial charge in [0.15, 0.2) is 0 Å². The van der Waals surface area contributed by atoms with E-state index in [-0.39, 0.29) is 116 Å². The maximum absolute atomic E-state index is 15.2. The molecule has 0 aliphatic carbocycles. The lowest BCUT2D eigenvalue weighted by Crippen LogP contribution is -2.27. The Morgan fingerprint density at radius 1 is 0.646 bits per heavy atom. The number of methoxy groups -OCH3 is 3. The molecule has 4 aromatic carbocycles. The summed E-state index contributed by atoms with van der Waals surface area (Å²) in [5.74, 6) is -4.32. The van der Waals surface area contributed by atoms with Crippen molar-refractivity contribution in [2.75, 3.05) is 41.3 Å². The topological polar surface area (TPSA) is 135 Å². The molecule has 17 heteroatoms. The lowest BCUT2D eigenvalue weighted by molar-refractivity contribution is -0.0457. The first kappa shape index (κ1) is 50.4. The second-order valence-corrected chi connectivity index (χ2v) is 16.6. The highest BCUT2D eigenvalue weighted by molar-refractivity contribution is 6.31. The number of aromatic nitrogens is 2. The Kier molecular flexibility index (Phi) is 17.1. The number of rotatable bonds is 15. The maximum atomic E-state index is 15.2. The van der Waals surface area contributed by atoms with Crippen molar-refractivity contribution in [3.8, 4) is 0 Å². The predicted molar refractivity (Wildman–Crippen MR) is 240 cm³/mol. The van der Waals surface area contributed by atoms with Crippen molar-refractivity contribution in [3.05, 3.63) is 160 Å². The smallest absolute Gasteiger partial charge is 0.343 e. The molecule has 11 nitrogen and oxygen atoms in total. The van der Waals surface area contributed by atoms with E-state index in [1.54, 1.807) is 16.7 Å². The van der Waals surface area contributed by atoms with Crippen LogP contribution < -0.4 is 10.9 Å². The number of ether oxygens (including phenoxy) is 4. The van der Waals surface area contributed by atoms with Gasteiger partial charge in [-0.25, -0.2) is 27.2 Å². The van der Waals surface area contributed by atoms with Crippen LogP contribution in [0, 0.1) is 35.1 Å². The first-order chi connectivity index (χ1) is 30.9. The molecule has 2 aromatic heterocycles. The van der Waals surface area contributed by atoms with E-state index in [1.165, 1.54) is 79.7 Å². The van der Waals surface area contributed by atoms with Crippen molar-refractivity contribution in [2.45, 2.75) is 52.6 Å². The fourth-order valence-corrected chi connectivity index (χ4v) is 7.80. The summed E-state index contributed by atoms with van der Waals surface area (Å²) in [7, 11) is 3.82. The first-order valence-electron chi connectivity index (χ1n) is 20.3. The van der Waals surface area contributed by atoms with Crippen LogP contribution in [-0.2, 0) is 31.8 Å². The molecule has 6 rings (SSSR count). The van der Waals surface area contributed by atoms with Gasteiger partial charge < -0.3 is 33.2 Å². The highest BCUT2D eigenvalue weighted by atomic mass is 35.5. The summed E-state index contributed by atoms with van der Waals surface area (Å²) >= 11 is 11.7. The van der Waals surface area contributed by atoms with E-state index in [4.69, 9.17) is 42.1 Å². The molecule has 0 fully saturated rings. The second kappa shape index (κ2) is 22.1. The summed E-state index contributed by atoms with van der Waals surface area (Å²) in [5.41, 5.74) is -0.644. The Morgan fingerprint density at radius 2 is 1.06 bits per heavy atom. The molecule has 0 saturated heterocycles. The van der Waals surface area contributed by atoms with Crippen LogP contribution in [0.2, 0.25) is 10.0 Å². The molecule has 0 aliphatic rings. The summed E-state index contributed by atoms with van der Waals surface area (Å²) < 4.78 is 82.2. The van der Waals surface area contributed by atoms with E-state index in [0.29, 0.717) is 0 Å². The number of fused-ring (bicyclic) bond motifs is 2. The minimum atomic E-state index is -0.840. The number of hydrogen-bond donors (Lipinski definition) is 1. The van der Waals surface area contributed by atoms with Crippen LogP contribution in [0.4, 0.5) is 17.6 Å². The van der Waals surface area contributed by atoms with E-state index >= 15 is 8.78 Å². The minimum absolute atomic E-state index is 0.00338. The fraction of sp³-hybridized carbons (Fsp3) is 0.333. The zero-order valence-corrected chi connectivity index (χ0v) is 38.2. The summed E-state index contributed by atoms with van der Waals surface area (Å²) in [6.07, 6.45) is 2.39. The van der Waals surface area contributed by atoms with Gasteiger partial charge in [-0.15, -0.1) is 0 Å². The van der Waals surface area contributed by atoms with Gasteiger partial charge in [-0.3, -0.25) is 9.59 Å². The van der Waals surface area contributed by atoms with Crippen LogP contribution in [0.3, 0.4) is 0 Å². The lowest BCUT2D eigenvalue weighted by atomic mass is 9.99.